The molecule has 11 heavy (non-hydrogen) atoms. The van der Waals surface area contributed by atoms with E-state index in [1.54, 1.807) is 0 Å². The van der Waals surface area contributed by atoms with E-state index < -0.39 is 17.4 Å². The molecule has 0 aliphatic carbocycles. The third-order valence-corrected chi connectivity index (χ3v) is 12.8. The largest absolute Gasteiger partial charge is 0.418 e. The van der Waals surface area contributed by atoms with Gasteiger partial charge in [-0.05, 0) is 31.7 Å². The molecule has 0 unspecified atom stereocenters. The van der Waals surface area contributed by atoms with Gasteiger partial charge in [-0.15, -0.1) is 0 Å². The van der Waals surface area contributed by atoms with Crippen LogP contribution in [0.25, 0.3) is 0 Å². The first kappa shape index (κ1) is 9.44. The van der Waals surface area contributed by atoms with Crippen LogP contribution in [0.2, 0.25) is 17.9 Å². The van der Waals surface area contributed by atoms with Crippen LogP contribution in [0, 0.1) is 0 Å². The Kier molecular flexibility index (Phi) is 3.30. The van der Waals surface area contributed by atoms with Gasteiger partial charge in [0.1, 0.15) is 0 Å². The van der Waals surface area contributed by atoms with Gasteiger partial charge in [-0.25, -0.2) is 0 Å². The van der Waals surface area contributed by atoms with Crippen LogP contribution in [-0.4, -0.2) is 30.6 Å². The van der Waals surface area contributed by atoms with Gasteiger partial charge in [-0.1, -0.05) is 0 Å². The van der Waals surface area contributed by atoms with Gasteiger partial charge in [0, 0.05) is 13.2 Å². The second-order valence-corrected chi connectivity index (χ2v) is 10.6. The molecule has 1 rings (SSSR count). The van der Waals surface area contributed by atoms with Crippen molar-refractivity contribution in [3.63, 3.8) is 0 Å². The van der Waals surface area contributed by atoms with Crippen LogP contribution in [0.15, 0.2) is 0 Å². The fourth-order valence-electron chi connectivity index (χ4n) is 1.54. The Balaban J connectivity index is 2.15. The van der Waals surface area contributed by atoms with Gasteiger partial charge >= 0.3 is 0 Å². The molecule has 0 aromatic rings. The fraction of sp³-hybridized carbons (Fsp3) is 1.00. The maximum absolute atomic E-state index is 5.73. The number of hydrogen-bond donors (Lipinski definition) is 0. The van der Waals surface area contributed by atoms with Gasteiger partial charge in [-0.2, -0.15) is 0 Å². The van der Waals surface area contributed by atoms with E-state index in [4.69, 9.17) is 8.85 Å². The third kappa shape index (κ3) is 2.40. The molecule has 1 aliphatic rings. The summed E-state index contributed by atoms with van der Waals surface area (Å²) in [5.74, 6) is 0. The summed E-state index contributed by atoms with van der Waals surface area (Å²) in [5.41, 5.74) is 2.61. The summed E-state index contributed by atoms with van der Waals surface area (Å²) >= 11 is 0. The van der Waals surface area contributed by atoms with Crippen LogP contribution in [0.3, 0.4) is 0 Å². The van der Waals surface area contributed by atoms with E-state index >= 15 is 0 Å². The van der Waals surface area contributed by atoms with Crippen molar-refractivity contribution in [1.29, 1.82) is 0 Å². The van der Waals surface area contributed by atoms with E-state index in [0.29, 0.717) is 0 Å². The van der Waals surface area contributed by atoms with Crippen molar-refractivity contribution in [1.82, 2.24) is 0 Å². The normalized spacial score (nSPS) is 23.2. The van der Waals surface area contributed by atoms with Crippen LogP contribution in [-0.2, 0) is 8.85 Å². The number of rotatable bonds is 4. The molecule has 1 heterocycles. The van der Waals surface area contributed by atoms with Crippen LogP contribution in [0.5, 0.6) is 0 Å². The molecule has 1 radical (unpaired) electrons. The van der Waals surface area contributed by atoms with Gasteiger partial charge < -0.3 is 8.85 Å². The van der Waals surface area contributed by atoms with Crippen molar-refractivity contribution in [3.8, 4) is 0 Å². The molecule has 0 bridgehead atoms. The van der Waals surface area contributed by atoms with E-state index in [1.165, 1.54) is 11.3 Å². The lowest BCUT2D eigenvalue weighted by Gasteiger charge is -2.40. The smallest absolute Gasteiger partial charge is 0.210 e. The van der Waals surface area contributed by atoms with E-state index in [1.807, 2.05) is 0 Å². The van der Waals surface area contributed by atoms with Gasteiger partial charge in [0.25, 0.3) is 0 Å². The maximum Gasteiger partial charge on any atom is 0.210 e. The lowest BCUT2D eigenvalue weighted by atomic mass is 10.9. The SMILES string of the molecule is CCO[Si]1C[Si](C)(OCC)C1. The zero-order valence-electron chi connectivity index (χ0n) is 7.64. The van der Waals surface area contributed by atoms with Gasteiger partial charge in [0.2, 0.25) is 9.04 Å². The van der Waals surface area contributed by atoms with Crippen molar-refractivity contribution in [2.45, 2.75) is 31.7 Å². The molecule has 0 aromatic heterocycles. The Bertz CT molecular complexity index is 124. The molecule has 1 saturated heterocycles. The lowest BCUT2D eigenvalue weighted by Crippen LogP contribution is -2.54. The van der Waals surface area contributed by atoms with Gasteiger partial charge in [-0.3, -0.25) is 0 Å². The highest BCUT2D eigenvalue weighted by Crippen LogP contribution is 2.32. The molecule has 0 aromatic carbocycles. The van der Waals surface area contributed by atoms with E-state index in [0.717, 1.165) is 13.2 Å². The highest BCUT2D eigenvalue weighted by atomic mass is 28.4. The fourth-order valence-corrected chi connectivity index (χ4v) is 10.5. The molecular weight excluding hydrogens is 172 g/mol. The first-order valence-electron chi connectivity index (χ1n) is 4.31. The quantitative estimate of drug-likeness (QED) is 0.627. The predicted octanol–water partition coefficient (Wildman–Crippen LogP) is 1.72. The minimum Gasteiger partial charge on any atom is -0.418 e. The summed E-state index contributed by atoms with van der Waals surface area (Å²) in [6.45, 7) is 8.28. The zero-order valence-corrected chi connectivity index (χ0v) is 9.64. The van der Waals surface area contributed by atoms with Gasteiger partial charge in [0.05, 0.1) is 0 Å². The average molecular weight is 189 g/mol. The Morgan fingerprint density at radius 2 is 1.91 bits per heavy atom. The topological polar surface area (TPSA) is 18.5 Å². The second kappa shape index (κ2) is 3.84. The molecule has 1 fully saturated rings. The highest BCUT2D eigenvalue weighted by molar-refractivity contribution is 6.99. The van der Waals surface area contributed by atoms with Crippen molar-refractivity contribution in [2.24, 2.45) is 0 Å². The molecule has 0 amide bonds. The van der Waals surface area contributed by atoms with Crippen molar-refractivity contribution in [2.75, 3.05) is 13.2 Å². The molecule has 65 valence electrons. The Labute approximate surface area is 71.8 Å². The summed E-state index contributed by atoms with van der Waals surface area (Å²) in [6.07, 6.45) is 0. The molecule has 0 spiro atoms. The summed E-state index contributed by atoms with van der Waals surface area (Å²) in [7, 11) is -1.57. The van der Waals surface area contributed by atoms with Crippen LogP contribution in [0.4, 0.5) is 0 Å². The summed E-state index contributed by atoms with van der Waals surface area (Å²) in [5, 5.41) is 0. The van der Waals surface area contributed by atoms with Crippen molar-refractivity contribution in [3.05, 3.63) is 0 Å². The Morgan fingerprint density at radius 1 is 1.27 bits per heavy atom. The predicted molar refractivity (Wildman–Crippen MR) is 50.2 cm³/mol. The molecule has 4 heteroatoms. The molecule has 0 atom stereocenters. The Morgan fingerprint density at radius 3 is 2.36 bits per heavy atom. The van der Waals surface area contributed by atoms with E-state index in [2.05, 4.69) is 20.4 Å². The average Bonchev–Trinajstić information content (AvgIpc) is 1.85. The van der Waals surface area contributed by atoms with Crippen molar-refractivity contribution >= 4 is 17.4 Å². The first-order valence-corrected chi connectivity index (χ1v) is 8.96. The molecule has 2 nitrogen and oxygen atoms in total. The summed E-state index contributed by atoms with van der Waals surface area (Å²) in [4.78, 5) is 0. The minimum absolute atomic E-state index is 0.391. The minimum atomic E-state index is -1.18. The first-order chi connectivity index (χ1) is 5.20. The van der Waals surface area contributed by atoms with E-state index in [9.17, 15) is 0 Å². The molecular formula is C7H17O2Si2. The summed E-state index contributed by atoms with van der Waals surface area (Å²) < 4.78 is 11.3. The maximum atomic E-state index is 5.73. The summed E-state index contributed by atoms with van der Waals surface area (Å²) in [6, 6.07) is 0. The van der Waals surface area contributed by atoms with E-state index in [-0.39, 0.29) is 0 Å². The number of hydrogen-bond acceptors (Lipinski definition) is 2. The highest BCUT2D eigenvalue weighted by Gasteiger charge is 2.46. The third-order valence-electron chi connectivity index (χ3n) is 1.98. The second-order valence-electron chi connectivity index (χ2n) is 3.21. The molecule has 0 N–H and O–H groups in total. The van der Waals surface area contributed by atoms with Crippen molar-refractivity contribution < 1.29 is 8.85 Å². The van der Waals surface area contributed by atoms with Crippen LogP contribution < -0.4 is 0 Å². The molecule has 1 aliphatic heterocycles. The standard InChI is InChI=1S/C7H17O2Si2/c1-4-8-10-6-11(3,7-10)9-5-2/h4-7H2,1-3H3. The molecule has 0 saturated carbocycles. The zero-order chi connectivity index (χ0) is 8.32. The van der Waals surface area contributed by atoms with Crippen LogP contribution in [0.1, 0.15) is 13.8 Å². The Hall–Kier alpha value is 0.354. The van der Waals surface area contributed by atoms with Crippen LogP contribution >= 0.6 is 0 Å². The monoisotopic (exact) mass is 189 g/mol. The lowest BCUT2D eigenvalue weighted by molar-refractivity contribution is 0.303. The van der Waals surface area contributed by atoms with Gasteiger partial charge in [0.15, 0.2) is 8.32 Å².